The molecule has 3 aliphatic rings. The molecule has 0 aromatic heterocycles. The van der Waals surface area contributed by atoms with E-state index in [4.69, 9.17) is 5.11 Å². The van der Waals surface area contributed by atoms with Crippen molar-refractivity contribution in [1.82, 2.24) is 0 Å². The topological polar surface area (TPSA) is 60.7 Å². The van der Waals surface area contributed by atoms with Gasteiger partial charge in [-0.3, -0.25) is 0 Å². The molecule has 0 bridgehead atoms. The molecule has 2 fully saturated rings. The highest BCUT2D eigenvalue weighted by Crippen LogP contribution is 2.62. The first-order chi connectivity index (χ1) is 11.0. The lowest BCUT2D eigenvalue weighted by Gasteiger charge is -2.51. The third-order valence-electron chi connectivity index (χ3n) is 7.01. The van der Waals surface area contributed by atoms with E-state index in [1.165, 1.54) is 30.4 Å². The first-order valence-corrected chi connectivity index (χ1v) is 8.96. The van der Waals surface area contributed by atoms with Crippen molar-refractivity contribution >= 4 is 0 Å². The SMILES string of the molecule is CC1CC2C3CCC(O)C3(C)CC[C@@H]2c2ccc(O)cc21.CO. The highest BCUT2D eigenvalue weighted by Gasteiger charge is 2.54. The van der Waals surface area contributed by atoms with Crippen LogP contribution in [0.15, 0.2) is 18.2 Å². The molecule has 2 saturated carbocycles. The zero-order chi connectivity index (χ0) is 16.8. The lowest BCUT2D eigenvalue weighted by molar-refractivity contribution is -0.0245. The van der Waals surface area contributed by atoms with Crippen molar-refractivity contribution in [3.63, 3.8) is 0 Å². The van der Waals surface area contributed by atoms with Crippen molar-refractivity contribution in [3.05, 3.63) is 29.3 Å². The van der Waals surface area contributed by atoms with Gasteiger partial charge in [0.2, 0.25) is 0 Å². The number of phenols is 1. The molecule has 3 N–H and O–H groups in total. The Morgan fingerprint density at radius 1 is 1.09 bits per heavy atom. The van der Waals surface area contributed by atoms with Gasteiger partial charge in [-0.1, -0.05) is 19.9 Å². The highest BCUT2D eigenvalue weighted by atomic mass is 16.3. The molecular weight excluding hydrogens is 288 g/mol. The van der Waals surface area contributed by atoms with Crippen LogP contribution < -0.4 is 0 Å². The summed E-state index contributed by atoms with van der Waals surface area (Å²) >= 11 is 0. The van der Waals surface area contributed by atoms with Crippen LogP contribution in [0, 0.1) is 17.3 Å². The quantitative estimate of drug-likeness (QED) is 0.682. The summed E-state index contributed by atoms with van der Waals surface area (Å²) in [5.41, 5.74) is 2.98. The van der Waals surface area contributed by atoms with Crippen LogP contribution in [-0.4, -0.2) is 28.5 Å². The Morgan fingerprint density at radius 3 is 2.57 bits per heavy atom. The standard InChI is InChI=1S/C19H26O2.CH4O/c1-11-9-16-14(13-4-3-12(20)10-15(11)13)7-8-19(2)17(16)5-6-18(19)21;1-2/h3-4,10-11,14,16-18,20-21H,5-9H2,1-2H3;2H,1H3/t11?,14-,16?,17?,18?,19?;/m1./s1. The number of phenolic OH excluding ortho intramolecular Hbond substituents is 1. The Morgan fingerprint density at radius 2 is 1.83 bits per heavy atom. The lowest BCUT2D eigenvalue weighted by atomic mass is 9.54. The van der Waals surface area contributed by atoms with Crippen LogP contribution in [-0.2, 0) is 0 Å². The van der Waals surface area contributed by atoms with Crippen molar-refractivity contribution in [2.24, 2.45) is 17.3 Å². The first kappa shape index (κ1) is 16.8. The Bertz CT molecular complexity index is 570. The third-order valence-corrected chi connectivity index (χ3v) is 7.01. The molecule has 4 rings (SSSR count). The van der Waals surface area contributed by atoms with Gasteiger partial charge in [0.1, 0.15) is 5.75 Å². The van der Waals surface area contributed by atoms with Gasteiger partial charge in [0.05, 0.1) is 6.10 Å². The van der Waals surface area contributed by atoms with Crippen LogP contribution in [0.1, 0.15) is 68.9 Å². The molecule has 3 heteroatoms. The molecule has 0 amide bonds. The molecule has 0 saturated heterocycles. The van der Waals surface area contributed by atoms with E-state index in [-0.39, 0.29) is 11.5 Å². The van der Waals surface area contributed by atoms with Crippen molar-refractivity contribution < 1.29 is 15.3 Å². The zero-order valence-corrected chi connectivity index (χ0v) is 14.5. The van der Waals surface area contributed by atoms with E-state index in [2.05, 4.69) is 19.9 Å². The summed E-state index contributed by atoms with van der Waals surface area (Å²) in [6.07, 6.45) is 5.64. The first-order valence-electron chi connectivity index (χ1n) is 8.96. The average Bonchev–Trinajstić information content (AvgIpc) is 2.86. The number of rotatable bonds is 0. The maximum atomic E-state index is 10.4. The molecule has 3 aliphatic carbocycles. The second kappa shape index (κ2) is 6.10. The molecule has 0 radical (unpaired) electrons. The van der Waals surface area contributed by atoms with E-state index in [9.17, 15) is 10.2 Å². The molecule has 6 atom stereocenters. The monoisotopic (exact) mass is 318 g/mol. The average molecular weight is 318 g/mol. The predicted molar refractivity (Wildman–Crippen MR) is 91.6 cm³/mol. The van der Waals surface area contributed by atoms with E-state index < -0.39 is 0 Å². The number of aliphatic hydroxyl groups excluding tert-OH is 2. The fraction of sp³-hybridized carbons (Fsp3) is 0.700. The van der Waals surface area contributed by atoms with Crippen LogP contribution >= 0.6 is 0 Å². The maximum absolute atomic E-state index is 10.4. The van der Waals surface area contributed by atoms with Gasteiger partial charge in [-0.2, -0.15) is 0 Å². The summed E-state index contributed by atoms with van der Waals surface area (Å²) in [7, 11) is 1.00. The number of hydrogen-bond acceptors (Lipinski definition) is 3. The zero-order valence-electron chi connectivity index (χ0n) is 14.5. The molecule has 0 heterocycles. The van der Waals surface area contributed by atoms with Crippen LogP contribution in [0.4, 0.5) is 0 Å². The van der Waals surface area contributed by atoms with Gasteiger partial charge in [0, 0.05) is 7.11 Å². The Hall–Kier alpha value is -1.06. The second-order valence-electron chi connectivity index (χ2n) is 7.96. The van der Waals surface area contributed by atoms with Gasteiger partial charge < -0.3 is 15.3 Å². The minimum Gasteiger partial charge on any atom is -0.508 e. The van der Waals surface area contributed by atoms with Gasteiger partial charge in [-0.05, 0) is 84.5 Å². The van der Waals surface area contributed by atoms with E-state index in [1.807, 2.05) is 12.1 Å². The fourth-order valence-electron chi connectivity index (χ4n) is 5.84. The third kappa shape index (κ3) is 2.49. The molecule has 1 aromatic rings. The Balaban J connectivity index is 0.000000753. The highest BCUT2D eigenvalue weighted by molar-refractivity contribution is 5.42. The summed E-state index contributed by atoms with van der Waals surface area (Å²) in [6, 6.07) is 5.99. The van der Waals surface area contributed by atoms with E-state index in [0.717, 1.165) is 20.0 Å². The Labute approximate surface area is 139 Å². The largest absolute Gasteiger partial charge is 0.508 e. The summed E-state index contributed by atoms with van der Waals surface area (Å²) < 4.78 is 0. The molecule has 1 aromatic carbocycles. The molecule has 5 unspecified atom stereocenters. The number of aromatic hydroxyl groups is 1. The van der Waals surface area contributed by atoms with E-state index >= 15 is 0 Å². The van der Waals surface area contributed by atoms with Gasteiger partial charge in [0.15, 0.2) is 0 Å². The second-order valence-corrected chi connectivity index (χ2v) is 7.96. The van der Waals surface area contributed by atoms with Crippen LogP contribution in [0.3, 0.4) is 0 Å². The minimum atomic E-state index is -0.0972. The van der Waals surface area contributed by atoms with Crippen molar-refractivity contribution in [1.29, 1.82) is 0 Å². The summed E-state index contributed by atoms with van der Waals surface area (Å²) in [5.74, 6) is 2.95. The van der Waals surface area contributed by atoms with Crippen molar-refractivity contribution in [2.75, 3.05) is 7.11 Å². The smallest absolute Gasteiger partial charge is 0.115 e. The summed E-state index contributed by atoms with van der Waals surface area (Å²) in [5, 5.41) is 27.2. The number of fused-ring (bicyclic) bond motifs is 5. The van der Waals surface area contributed by atoms with E-state index in [0.29, 0.717) is 29.4 Å². The number of aliphatic hydroxyl groups is 2. The maximum Gasteiger partial charge on any atom is 0.115 e. The molecule has 0 spiro atoms. The van der Waals surface area contributed by atoms with Gasteiger partial charge in [-0.25, -0.2) is 0 Å². The molecule has 0 aliphatic heterocycles. The molecule has 3 nitrogen and oxygen atoms in total. The van der Waals surface area contributed by atoms with Crippen molar-refractivity contribution in [2.45, 2.75) is 63.9 Å². The van der Waals surface area contributed by atoms with Gasteiger partial charge >= 0.3 is 0 Å². The Kier molecular flexibility index (Phi) is 4.45. The minimum absolute atomic E-state index is 0.0972. The van der Waals surface area contributed by atoms with Crippen LogP contribution in [0.5, 0.6) is 5.75 Å². The number of hydrogen-bond donors (Lipinski definition) is 3. The van der Waals surface area contributed by atoms with Crippen LogP contribution in [0.2, 0.25) is 0 Å². The lowest BCUT2D eigenvalue weighted by Crippen LogP contribution is -2.44. The normalized spacial score (nSPS) is 41.2. The molecule has 23 heavy (non-hydrogen) atoms. The summed E-state index contributed by atoms with van der Waals surface area (Å²) in [6.45, 7) is 4.62. The molecular formula is C20H30O3. The molecule has 128 valence electrons. The van der Waals surface area contributed by atoms with Crippen molar-refractivity contribution in [3.8, 4) is 5.75 Å². The fourth-order valence-corrected chi connectivity index (χ4v) is 5.84. The van der Waals surface area contributed by atoms with E-state index in [1.54, 1.807) is 0 Å². The van der Waals surface area contributed by atoms with Crippen LogP contribution in [0.25, 0.3) is 0 Å². The summed E-state index contributed by atoms with van der Waals surface area (Å²) in [4.78, 5) is 0. The van der Waals surface area contributed by atoms with Gasteiger partial charge in [0.25, 0.3) is 0 Å². The predicted octanol–water partition coefficient (Wildman–Crippen LogP) is 3.78. The number of benzene rings is 1. The van der Waals surface area contributed by atoms with Gasteiger partial charge in [-0.15, -0.1) is 0 Å².